The fourth-order valence-electron chi connectivity index (χ4n) is 4.74. The highest BCUT2D eigenvalue weighted by molar-refractivity contribution is 7.80. The molecule has 3 saturated heterocycles. The highest BCUT2D eigenvalue weighted by Crippen LogP contribution is 2.26. The largest absolute Gasteiger partial charge is 0.376 e. The number of nitrogens with zero attached hydrogens (tertiary/aromatic N) is 5. The van der Waals surface area contributed by atoms with Gasteiger partial charge in [0, 0.05) is 64.2 Å². The number of hydrogen-bond donors (Lipinski definition) is 2. The van der Waals surface area contributed by atoms with Crippen molar-refractivity contribution < 1.29 is 4.74 Å². The first-order valence-electron chi connectivity index (χ1n) is 12.1. The Labute approximate surface area is 201 Å². The third-order valence-corrected chi connectivity index (χ3v) is 6.84. The van der Waals surface area contributed by atoms with Crippen molar-refractivity contribution in [3.8, 4) is 0 Å². The summed E-state index contributed by atoms with van der Waals surface area (Å²) in [6.45, 7) is 7.42. The second-order valence-electron chi connectivity index (χ2n) is 8.88. The summed E-state index contributed by atoms with van der Waals surface area (Å²) in [5.74, 6) is 2.50. The van der Waals surface area contributed by atoms with Crippen LogP contribution in [0.4, 0.5) is 23.3 Å². The smallest absolute Gasteiger partial charge is 0.232 e. The van der Waals surface area contributed by atoms with E-state index in [0.717, 1.165) is 70.4 Å². The minimum atomic E-state index is 0.234. The standard InChI is InChI=1S/C24H33N7OS/c33-24(25-18-20-9-6-16-32-20)28-23-26-21(30-10-4-5-11-30)17-22(27-23)31-14-12-29(13-15-31)19-7-2-1-3-8-19/h1-3,7-8,17,20H,4-6,9-16,18H2,(H2,25,26,27,28,33)/t20-/m0/s1. The number of aromatic nitrogens is 2. The predicted molar refractivity (Wildman–Crippen MR) is 138 cm³/mol. The van der Waals surface area contributed by atoms with Gasteiger partial charge in [0.05, 0.1) is 6.10 Å². The molecule has 0 saturated carbocycles. The average Bonchev–Trinajstić information content (AvgIpc) is 3.58. The highest BCUT2D eigenvalue weighted by Gasteiger charge is 2.22. The monoisotopic (exact) mass is 467 g/mol. The van der Waals surface area contributed by atoms with E-state index in [4.69, 9.17) is 26.9 Å². The van der Waals surface area contributed by atoms with E-state index in [1.807, 2.05) is 0 Å². The number of rotatable bonds is 6. The molecule has 3 aliphatic heterocycles. The van der Waals surface area contributed by atoms with Crippen LogP contribution >= 0.6 is 12.2 Å². The third-order valence-electron chi connectivity index (χ3n) is 6.59. The molecule has 1 atom stereocenters. The molecular formula is C24H33N7OS. The fourth-order valence-corrected chi connectivity index (χ4v) is 4.91. The van der Waals surface area contributed by atoms with Crippen LogP contribution in [0.1, 0.15) is 25.7 Å². The number of benzene rings is 1. The van der Waals surface area contributed by atoms with E-state index in [0.29, 0.717) is 17.6 Å². The van der Waals surface area contributed by atoms with E-state index in [2.05, 4.69) is 61.7 Å². The second-order valence-corrected chi connectivity index (χ2v) is 9.29. The number of para-hydroxylation sites is 1. The van der Waals surface area contributed by atoms with Crippen molar-refractivity contribution in [3.05, 3.63) is 36.4 Å². The summed E-state index contributed by atoms with van der Waals surface area (Å²) in [5.41, 5.74) is 1.28. The number of piperazine rings is 1. The van der Waals surface area contributed by atoms with Crippen LogP contribution in [0.2, 0.25) is 0 Å². The summed E-state index contributed by atoms with van der Waals surface area (Å²) >= 11 is 5.53. The predicted octanol–water partition coefficient (Wildman–Crippen LogP) is 2.87. The van der Waals surface area contributed by atoms with Crippen molar-refractivity contribution in [2.75, 3.05) is 72.4 Å². The van der Waals surface area contributed by atoms with Crippen LogP contribution in [0.3, 0.4) is 0 Å². The Morgan fingerprint density at radius 2 is 1.58 bits per heavy atom. The third kappa shape index (κ3) is 5.65. The van der Waals surface area contributed by atoms with Gasteiger partial charge in [0.25, 0.3) is 0 Å². The van der Waals surface area contributed by atoms with Gasteiger partial charge in [-0.2, -0.15) is 9.97 Å². The van der Waals surface area contributed by atoms with E-state index >= 15 is 0 Å². The Kier molecular flexibility index (Phi) is 7.06. The Morgan fingerprint density at radius 1 is 0.909 bits per heavy atom. The summed E-state index contributed by atoms with van der Waals surface area (Å²) in [7, 11) is 0. The van der Waals surface area contributed by atoms with Gasteiger partial charge in [-0.25, -0.2) is 0 Å². The quantitative estimate of drug-likeness (QED) is 0.624. The number of hydrogen-bond acceptors (Lipinski definition) is 7. The molecule has 1 aromatic heterocycles. The van der Waals surface area contributed by atoms with Gasteiger partial charge in [0.2, 0.25) is 5.95 Å². The van der Waals surface area contributed by atoms with Gasteiger partial charge in [-0.05, 0) is 50.0 Å². The minimum absolute atomic E-state index is 0.234. The molecule has 33 heavy (non-hydrogen) atoms. The van der Waals surface area contributed by atoms with E-state index in [1.54, 1.807) is 0 Å². The maximum absolute atomic E-state index is 5.68. The van der Waals surface area contributed by atoms with Gasteiger partial charge < -0.3 is 30.1 Å². The number of thiocarbonyl (C=S) groups is 1. The maximum Gasteiger partial charge on any atom is 0.232 e. The fraction of sp³-hybridized carbons (Fsp3) is 0.542. The summed E-state index contributed by atoms with van der Waals surface area (Å²) in [5, 5.41) is 7.03. The zero-order valence-corrected chi connectivity index (χ0v) is 19.9. The zero-order valence-electron chi connectivity index (χ0n) is 19.1. The lowest BCUT2D eigenvalue weighted by molar-refractivity contribution is 0.114. The SMILES string of the molecule is S=C(NC[C@@H]1CCCO1)Nc1nc(N2CCCC2)cc(N2CCN(c3ccccc3)CC2)n1. The van der Waals surface area contributed by atoms with Crippen LogP contribution in [-0.4, -0.2) is 73.6 Å². The molecule has 9 heteroatoms. The molecule has 0 unspecified atom stereocenters. The van der Waals surface area contributed by atoms with Crippen molar-refractivity contribution in [1.82, 2.24) is 15.3 Å². The van der Waals surface area contributed by atoms with Gasteiger partial charge >= 0.3 is 0 Å². The molecule has 0 radical (unpaired) electrons. The van der Waals surface area contributed by atoms with Crippen LogP contribution in [-0.2, 0) is 4.74 Å². The first-order valence-corrected chi connectivity index (χ1v) is 12.5. The normalized spacial score (nSPS) is 20.8. The molecule has 0 aliphatic carbocycles. The molecule has 8 nitrogen and oxygen atoms in total. The van der Waals surface area contributed by atoms with E-state index in [1.165, 1.54) is 18.5 Å². The van der Waals surface area contributed by atoms with Gasteiger partial charge in [0.15, 0.2) is 5.11 Å². The molecule has 5 rings (SSSR count). The van der Waals surface area contributed by atoms with Gasteiger partial charge in [0.1, 0.15) is 11.6 Å². The topological polar surface area (TPSA) is 68.8 Å². The lowest BCUT2D eigenvalue weighted by Crippen LogP contribution is -2.47. The number of ether oxygens (including phenoxy) is 1. The molecule has 2 aromatic rings. The van der Waals surface area contributed by atoms with Crippen LogP contribution in [0.5, 0.6) is 0 Å². The Bertz CT molecular complexity index is 924. The minimum Gasteiger partial charge on any atom is -0.376 e. The van der Waals surface area contributed by atoms with Crippen LogP contribution < -0.4 is 25.3 Å². The van der Waals surface area contributed by atoms with Crippen molar-refractivity contribution in [2.24, 2.45) is 0 Å². The Morgan fingerprint density at radius 3 is 2.24 bits per heavy atom. The maximum atomic E-state index is 5.68. The molecule has 0 amide bonds. The van der Waals surface area contributed by atoms with Crippen LogP contribution in [0.25, 0.3) is 0 Å². The second kappa shape index (κ2) is 10.5. The molecule has 4 heterocycles. The van der Waals surface area contributed by atoms with E-state index in [9.17, 15) is 0 Å². The van der Waals surface area contributed by atoms with Crippen LogP contribution in [0.15, 0.2) is 36.4 Å². The molecule has 176 valence electrons. The molecule has 1 aromatic carbocycles. The van der Waals surface area contributed by atoms with Crippen LogP contribution in [0, 0.1) is 0 Å². The lowest BCUT2D eigenvalue weighted by Gasteiger charge is -2.37. The Balaban J connectivity index is 1.27. The van der Waals surface area contributed by atoms with Gasteiger partial charge in [-0.1, -0.05) is 18.2 Å². The lowest BCUT2D eigenvalue weighted by atomic mass is 10.2. The van der Waals surface area contributed by atoms with E-state index < -0.39 is 0 Å². The Hall–Kier alpha value is -2.65. The summed E-state index contributed by atoms with van der Waals surface area (Å²) < 4.78 is 5.68. The zero-order chi connectivity index (χ0) is 22.5. The summed E-state index contributed by atoms with van der Waals surface area (Å²) in [4.78, 5) is 16.8. The van der Waals surface area contributed by atoms with Crippen molar-refractivity contribution in [3.63, 3.8) is 0 Å². The number of anilines is 4. The number of nitrogens with one attached hydrogen (secondary N) is 2. The molecule has 3 fully saturated rings. The molecule has 0 spiro atoms. The molecule has 3 aliphatic rings. The van der Waals surface area contributed by atoms with Crippen molar-refractivity contribution in [1.29, 1.82) is 0 Å². The van der Waals surface area contributed by atoms with Gasteiger partial charge in [-0.3, -0.25) is 0 Å². The van der Waals surface area contributed by atoms with Gasteiger partial charge in [-0.15, -0.1) is 0 Å². The highest BCUT2D eigenvalue weighted by atomic mass is 32.1. The average molecular weight is 468 g/mol. The summed E-state index contributed by atoms with van der Waals surface area (Å²) in [6, 6.07) is 12.8. The molecular weight excluding hydrogens is 434 g/mol. The van der Waals surface area contributed by atoms with E-state index in [-0.39, 0.29) is 6.10 Å². The molecule has 2 N–H and O–H groups in total. The summed E-state index contributed by atoms with van der Waals surface area (Å²) in [6.07, 6.45) is 4.85. The molecule has 0 bridgehead atoms. The van der Waals surface area contributed by atoms with Crippen molar-refractivity contribution in [2.45, 2.75) is 31.8 Å². The van der Waals surface area contributed by atoms with Crippen molar-refractivity contribution >= 4 is 40.6 Å². The first kappa shape index (κ1) is 22.2. The first-order chi connectivity index (χ1) is 16.2.